The molecule has 0 aromatic heterocycles. The monoisotopic (exact) mass is 316 g/mol. The summed E-state index contributed by atoms with van der Waals surface area (Å²) in [7, 11) is 0. The van der Waals surface area contributed by atoms with Crippen LogP contribution in [0.2, 0.25) is 0 Å². The molecule has 0 aromatic rings. The zero-order valence-corrected chi connectivity index (χ0v) is 15.1. The van der Waals surface area contributed by atoms with Crippen molar-refractivity contribution >= 4 is 0 Å². The molecule has 0 aromatic carbocycles. The number of hydrogen-bond acceptors (Lipinski definition) is 2. The van der Waals surface area contributed by atoms with Gasteiger partial charge in [-0.15, -0.1) is 0 Å². The normalized spacial score (nSPS) is 42.7. The van der Waals surface area contributed by atoms with Crippen LogP contribution in [-0.2, 0) is 0 Å². The molecular weight excluding hydrogens is 280 g/mol. The summed E-state index contributed by atoms with van der Waals surface area (Å²) >= 11 is 0. The molecule has 0 amide bonds. The maximum Gasteiger partial charge on any atom is 0.0278 e. The van der Waals surface area contributed by atoms with Gasteiger partial charge in [0, 0.05) is 38.3 Å². The van der Waals surface area contributed by atoms with Crippen molar-refractivity contribution in [3.8, 4) is 0 Å². The van der Waals surface area contributed by atoms with Crippen molar-refractivity contribution < 1.29 is 0 Å². The number of fused-ring (bicyclic) bond motifs is 2. The Hall–Kier alpha value is -0.340. The van der Waals surface area contributed by atoms with Crippen molar-refractivity contribution in [3.63, 3.8) is 0 Å². The molecule has 3 fully saturated rings. The second-order valence-corrected chi connectivity index (χ2v) is 9.05. The minimum absolute atomic E-state index is 0.779. The first kappa shape index (κ1) is 16.1. The minimum Gasteiger partial charge on any atom is -0.300 e. The van der Waals surface area contributed by atoms with Gasteiger partial charge in [0.25, 0.3) is 0 Å². The number of rotatable bonds is 2. The van der Waals surface area contributed by atoms with Crippen LogP contribution in [-0.4, -0.2) is 48.1 Å². The third kappa shape index (κ3) is 3.85. The van der Waals surface area contributed by atoms with Gasteiger partial charge in [-0.05, 0) is 69.1 Å². The summed E-state index contributed by atoms with van der Waals surface area (Å²) in [6.07, 6.45) is 18.0. The van der Waals surface area contributed by atoms with Crippen LogP contribution in [0.3, 0.4) is 0 Å². The van der Waals surface area contributed by atoms with E-state index in [9.17, 15) is 0 Å². The van der Waals surface area contributed by atoms with Crippen LogP contribution in [0.25, 0.3) is 0 Å². The maximum atomic E-state index is 2.89. The quantitative estimate of drug-likeness (QED) is 0.700. The van der Waals surface area contributed by atoms with Crippen molar-refractivity contribution in [3.05, 3.63) is 12.2 Å². The largest absolute Gasteiger partial charge is 0.300 e. The van der Waals surface area contributed by atoms with Gasteiger partial charge in [0.15, 0.2) is 0 Å². The van der Waals surface area contributed by atoms with Crippen molar-refractivity contribution in [2.45, 2.75) is 76.8 Å². The summed E-state index contributed by atoms with van der Waals surface area (Å²) in [6.45, 7) is 7.94. The van der Waals surface area contributed by atoms with Gasteiger partial charge in [-0.2, -0.15) is 0 Å². The Morgan fingerprint density at radius 1 is 0.870 bits per heavy atom. The Kier molecular flexibility index (Phi) is 5.10. The number of hydrogen-bond donors (Lipinski definition) is 0. The molecule has 0 saturated carbocycles. The molecule has 5 atom stereocenters. The van der Waals surface area contributed by atoms with Crippen LogP contribution in [0.5, 0.6) is 0 Å². The first-order chi connectivity index (χ1) is 11.3. The van der Waals surface area contributed by atoms with Gasteiger partial charge >= 0.3 is 0 Å². The van der Waals surface area contributed by atoms with E-state index in [-0.39, 0.29) is 0 Å². The fraction of sp³-hybridized carbons (Fsp3) is 0.905. The highest BCUT2D eigenvalue weighted by atomic mass is 15.2. The van der Waals surface area contributed by atoms with E-state index in [4.69, 9.17) is 0 Å². The average molecular weight is 317 g/mol. The average Bonchev–Trinajstić information content (AvgIpc) is 2.76. The third-order valence-electron chi connectivity index (χ3n) is 7.14. The summed E-state index contributed by atoms with van der Waals surface area (Å²) in [5, 5.41) is 0. The smallest absolute Gasteiger partial charge is 0.0278 e. The lowest BCUT2D eigenvalue weighted by molar-refractivity contribution is 0.0843. The molecule has 0 bridgehead atoms. The van der Waals surface area contributed by atoms with E-state index in [0.717, 1.165) is 29.8 Å². The Morgan fingerprint density at radius 3 is 2.70 bits per heavy atom. The highest BCUT2D eigenvalue weighted by Gasteiger charge is 2.33. The van der Waals surface area contributed by atoms with Crippen molar-refractivity contribution in [1.82, 2.24) is 9.80 Å². The fourth-order valence-electron chi connectivity index (χ4n) is 5.89. The molecule has 0 aliphatic carbocycles. The molecule has 0 radical (unpaired) electrons. The molecule has 0 spiro atoms. The van der Waals surface area contributed by atoms with E-state index in [1.807, 2.05) is 0 Å². The third-order valence-corrected chi connectivity index (χ3v) is 7.14. The van der Waals surface area contributed by atoms with Crippen molar-refractivity contribution in [2.24, 2.45) is 17.8 Å². The zero-order chi connectivity index (χ0) is 15.6. The molecule has 4 aliphatic rings. The summed E-state index contributed by atoms with van der Waals surface area (Å²) in [5.74, 6) is 2.88. The first-order valence-electron chi connectivity index (χ1n) is 10.4. The first-order valence-corrected chi connectivity index (χ1v) is 10.4. The van der Waals surface area contributed by atoms with Gasteiger partial charge in [-0.3, -0.25) is 9.80 Å². The standard InChI is InChI=1S/C21H36N2/c1-17-8-10-21-7-4-5-18(16-23(21)14-17)13-19-9-11-20-6-2-3-12-22(20)15-19/h2,6,17-21H,3-5,7-16H2,1H3. The molecule has 3 saturated heterocycles. The summed E-state index contributed by atoms with van der Waals surface area (Å²) in [4.78, 5) is 5.66. The van der Waals surface area contributed by atoms with Gasteiger partial charge < -0.3 is 0 Å². The van der Waals surface area contributed by atoms with E-state index in [0.29, 0.717) is 0 Å². The molecular formula is C21H36N2. The molecule has 0 N–H and O–H groups in total. The summed E-state index contributed by atoms with van der Waals surface area (Å²) < 4.78 is 0. The highest BCUT2D eigenvalue weighted by molar-refractivity contribution is 5.02. The molecule has 2 heteroatoms. The maximum absolute atomic E-state index is 2.89. The molecule has 2 nitrogen and oxygen atoms in total. The van der Waals surface area contributed by atoms with Crippen LogP contribution >= 0.6 is 0 Å². The Labute approximate surface area is 143 Å². The Morgan fingerprint density at radius 2 is 1.74 bits per heavy atom. The van der Waals surface area contributed by atoms with Crippen molar-refractivity contribution in [2.75, 3.05) is 26.2 Å². The van der Waals surface area contributed by atoms with Gasteiger partial charge in [-0.25, -0.2) is 0 Å². The molecule has 4 heterocycles. The predicted octanol–water partition coefficient (Wildman–Crippen LogP) is 4.32. The fourth-order valence-corrected chi connectivity index (χ4v) is 5.89. The second kappa shape index (κ2) is 7.27. The molecule has 130 valence electrons. The van der Waals surface area contributed by atoms with Crippen LogP contribution in [0.15, 0.2) is 12.2 Å². The molecule has 4 rings (SSSR count). The number of nitrogens with zero attached hydrogens (tertiary/aromatic N) is 2. The molecule has 4 aliphatic heterocycles. The highest BCUT2D eigenvalue weighted by Crippen LogP contribution is 2.35. The molecule has 5 unspecified atom stereocenters. The van der Waals surface area contributed by atoms with Gasteiger partial charge in [0.2, 0.25) is 0 Å². The van der Waals surface area contributed by atoms with Crippen LogP contribution in [0.4, 0.5) is 0 Å². The lowest BCUT2D eigenvalue weighted by Crippen LogP contribution is -2.46. The van der Waals surface area contributed by atoms with Crippen LogP contribution in [0.1, 0.15) is 64.7 Å². The summed E-state index contributed by atoms with van der Waals surface area (Å²) in [5.41, 5.74) is 0. The lowest BCUT2D eigenvalue weighted by atomic mass is 9.83. The van der Waals surface area contributed by atoms with E-state index in [2.05, 4.69) is 28.9 Å². The van der Waals surface area contributed by atoms with Gasteiger partial charge in [-0.1, -0.05) is 25.5 Å². The second-order valence-electron chi connectivity index (χ2n) is 9.05. The molecule has 23 heavy (non-hydrogen) atoms. The van der Waals surface area contributed by atoms with E-state index in [1.165, 1.54) is 84.0 Å². The minimum atomic E-state index is 0.779. The summed E-state index contributed by atoms with van der Waals surface area (Å²) in [6, 6.07) is 1.71. The van der Waals surface area contributed by atoms with Crippen LogP contribution in [0, 0.1) is 17.8 Å². The van der Waals surface area contributed by atoms with Gasteiger partial charge in [0.1, 0.15) is 0 Å². The van der Waals surface area contributed by atoms with Crippen molar-refractivity contribution in [1.29, 1.82) is 0 Å². The SMILES string of the molecule is CC1CCC2CCCC(CC3CCC4C=CCCN4C3)CN2C1. The lowest BCUT2D eigenvalue weighted by Gasteiger charge is -2.42. The number of piperidine rings is 2. The van der Waals surface area contributed by atoms with E-state index >= 15 is 0 Å². The van der Waals surface area contributed by atoms with Gasteiger partial charge in [0.05, 0.1) is 0 Å². The zero-order valence-electron chi connectivity index (χ0n) is 15.1. The van der Waals surface area contributed by atoms with E-state index < -0.39 is 0 Å². The Balaban J connectivity index is 1.32. The van der Waals surface area contributed by atoms with E-state index in [1.54, 1.807) is 0 Å². The predicted molar refractivity (Wildman–Crippen MR) is 97.6 cm³/mol. The Bertz CT molecular complexity index is 418. The topological polar surface area (TPSA) is 6.48 Å². The van der Waals surface area contributed by atoms with Crippen LogP contribution < -0.4 is 0 Å².